The summed E-state index contributed by atoms with van der Waals surface area (Å²) in [6.07, 6.45) is 3.56. The van der Waals surface area contributed by atoms with Crippen molar-refractivity contribution >= 4 is 27.6 Å². The standard InChI is InChI=1S/C19H26N2O5S/c1-13-6-7-15(27(24,25)21-8-4-3-5-9-21)11-17(13)20-18(22)12-26-19(23)16-10-14(16)2/h6-7,11,14,16H,3-5,8-10,12H2,1-2H3,(H,20,22)/t14-,16-/m1/s1. The Bertz CT molecular complexity index is 831. The summed E-state index contributed by atoms with van der Waals surface area (Å²) in [6, 6.07) is 4.70. The van der Waals surface area contributed by atoms with Crippen LogP contribution in [0.3, 0.4) is 0 Å². The molecule has 3 rings (SSSR count). The van der Waals surface area contributed by atoms with Gasteiger partial charge in [-0.1, -0.05) is 19.4 Å². The van der Waals surface area contributed by atoms with Crippen LogP contribution in [0, 0.1) is 18.8 Å². The van der Waals surface area contributed by atoms with Gasteiger partial charge in [0.2, 0.25) is 10.0 Å². The van der Waals surface area contributed by atoms with Crippen LogP contribution in [0.1, 0.15) is 38.2 Å². The number of amides is 1. The Balaban J connectivity index is 1.66. The van der Waals surface area contributed by atoms with E-state index in [1.165, 1.54) is 10.4 Å². The third-order valence-electron chi connectivity index (χ3n) is 5.19. The van der Waals surface area contributed by atoms with Gasteiger partial charge in [0.25, 0.3) is 5.91 Å². The lowest BCUT2D eigenvalue weighted by molar-refractivity contribution is -0.148. The van der Waals surface area contributed by atoms with Crippen LogP contribution in [0.5, 0.6) is 0 Å². The van der Waals surface area contributed by atoms with Crippen LogP contribution in [0.2, 0.25) is 0 Å². The minimum absolute atomic E-state index is 0.0995. The molecule has 8 heteroatoms. The fourth-order valence-corrected chi connectivity index (χ4v) is 4.77. The molecule has 0 aromatic heterocycles. The van der Waals surface area contributed by atoms with Crippen LogP contribution in [0.25, 0.3) is 0 Å². The number of benzene rings is 1. The van der Waals surface area contributed by atoms with Crippen molar-refractivity contribution in [3.8, 4) is 0 Å². The van der Waals surface area contributed by atoms with E-state index >= 15 is 0 Å². The van der Waals surface area contributed by atoms with E-state index in [0.29, 0.717) is 24.7 Å². The van der Waals surface area contributed by atoms with Crippen molar-refractivity contribution in [2.45, 2.75) is 44.4 Å². The van der Waals surface area contributed by atoms with Crippen molar-refractivity contribution in [1.29, 1.82) is 0 Å². The van der Waals surface area contributed by atoms with Crippen molar-refractivity contribution in [3.05, 3.63) is 23.8 Å². The van der Waals surface area contributed by atoms with Crippen LogP contribution < -0.4 is 5.32 Å². The molecule has 1 aromatic rings. The van der Waals surface area contributed by atoms with E-state index in [2.05, 4.69) is 5.32 Å². The SMILES string of the molecule is Cc1ccc(S(=O)(=O)N2CCCCC2)cc1NC(=O)COC(=O)[C@@H]1C[C@H]1C. The van der Waals surface area contributed by atoms with Gasteiger partial charge in [-0.25, -0.2) is 8.42 Å². The molecule has 0 radical (unpaired) electrons. The molecule has 7 nitrogen and oxygen atoms in total. The molecule has 148 valence electrons. The number of carbonyl (C=O) groups is 2. The molecule has 1 aliphatic heterocycles. The van der Waals surface area contributed by atoms with Gasteiger partial charge in [-0.2, -0.15) is 4.31 Å². The van der Waals surface area contributed by atoms with Gasteiger partial charge in [0.05, 0.1) is 10.8 Å². The lowest BCUT2D eigenvalue weighted by Gasteiger charge is -2.26. The number of anilines is 1. The zero-order valence-electron chi connectivity index (χ0n) is 15.7. The minimum atomic E-state index is -3.58. The number of nitrogens with zero attached hydrogens (tertiary/aromatic N) is 1. The molecule has 0 spiro atoms. The van der Waals surface area contributed by atoms with Crippen molar-refractivity contribution in [1.82, 2.24) is 4.31 Å². The molecule has 2 atom stereocenters. The number of hydrogen-bond acceptors (Lipinski definition) is 5. The van der Waals surface area contributed by atoms with Crippen LogP contribution >= 0.6 is 0 Å². The van der Waals surface area contributed by atoms with Gasteiger partial charge in [0.1, 0.15) is 0 Å². The van der Waals surface area contributed by atoms with E-state index in [0.717, 1.165) is 31.2 Å². The largest absolute Gasteiger partial charge is 0.455 e. The molecule has 1 aromatic carbocycles. The number of hydrogen-bond donors (Lipinski definition) is 1. The second kappa shape index (κ2) is 7.98. The Hall–Kier alpha value is -1.93. The van der Waals surface area contributed by atoms with E-state index < -0.39 is 15.9 Å². The monoisotopic (exact) mass is 394 g/mol. The molecule has 27 heavy (non-hydrogen) atoms. The number of rotatable bonds is 6. The Labute approximate surface area is 160 Å². The summed E-state index contributed by atoms with van der Waals surface area (Å²) in [6.45, 7) is 4.42. The van der Waals surface area contributed by atoms with Gasteiger partial charge in [-0.15, -0.1) is 0 Å². The van der Waals surface area contributed by atoms with Gasteiger partial charge in [-0.3, -0.25) is 9.59 Å². The van der Waals surface area contributed by atoms with Crippen LogP contribution in [-0.2, 0) is 24.3 Å². The van der Waals surface area contributed by atoms with Gasteiger partial charge < -0.3 is 10.1 Å². The summed E-state index contributed by atoms with van der Waals surface area (Å²) >= 11 is 0. The highest BCUT2D eigenvalue weighted by atomic mass is 32.2. The molecule has 1 aliphatic carbocycles. The molecule has 0 bridgehead atoms. The maximum Gasteiger partial charge on any atom is 0.309 e. The van der Waals surface area contributed by atoms with Crippen molar-refractivity contribution in [2.24, 2.45) is 11.8 Å². The number of ether oxygens (including phenoxy) is 1. The maximum absolute atomic E-state index is 12.8. The van der Waals surface area contributed by atoms with Gasteiger partial charge in [-0.05, 0) is 49.8 Å². The quantitative estimate of drug-likeness (QED) is 0.748. The van der Waals surface area contributed by atoms with E-state index in [1.807, 2.05) is 6.92 Å². The van der Waals surface area contributed by atoms with Crippen LogP contribution in [0.4, 0.5) is 5.69 Å². The number of carbonyl (C=O) groups excluding carboxylic acids is 2. The molecule has 1 N–H and O–H groups in total. The molecular weight excluding hydrogens is 368 g/mol. The third kappa shape index (κ3) is 4.68. The Morgan fingerprint density at radius 2 is 1.89 bits per heavy atom. The predicted octanol–water partition coefficient (Wildman–Crippen LogP) is 2.31. The van der Waals surface area contributed by atoms with Crippen molar-refractivity contribution < 1.29 is 22.7 Å². The average molecular weight is 394 g/mol. The van der Waals surface area contributed by atoms with E-state index in [1.54, 1.807) is 19.1 Å². The van der Waals surface area contributed by atoms with Gasteiger partial charge >= 0.3 is 5.97 Å². The normalized spacial score (nSPS) is 22.9. The summed E-state index contributed by atoms with van der Waals surface area (Å²) < 4.78 is 32.1. The molecule has 1 saturated heterocycles. The first-order valence-corrected chi connectivity index (χ1v) is 10.8. The van der Waals surface area contributed by atoms with E-state index in [-0.39, 0.29) is 23.4 Å². The molecule has 0 unspecified atom stereocenters. The summed E-state index contributed by atoms with van der Waals surface area (Å²) in [5, 5.41) is 2.65. The molecule has 2 fully saturated rings. The Kier molecular flexibility index (Phi) is 5.86. The summed E-state index contributed by atoms with van der Waals surface area (Å²) in [4.78, 5) is 24.0. The van der Waals surface area contributed by atoms with E-state index in [9.17, 15) is 18.0 Å². The lowest BCUT2D eigenvalue weighted by atomic mass is 10.2. The second-order valence-corrected chi connectivity index (χ2v) is 9.35. The zero-order valence-corrected chi connectivity index (χ0v) is 16.5. The molecule has 1 heterocycles. The molecule has 2 aliphatic rings. The number of nitrogens with one attached hydrogen (secondary N) is 1. The zero-order chi connectivity index (χ0) is 19.6. The molecular formula is C19H26N2O5S. The first-order valence-electron chi connectivity index (χ1n) is 9.36. The van der Waals surface area contributed by atoms with Gasteiger partial charge in [0, 0.05) is 18.8 Å². The summed E-state index contributed by atoms with van der Waals surface area (Å²) in [5.41, 5.74) is 1.15. The first-order chi connectivity index (χ1) is 12.8. The summed E-state index contributed by atoms with van der Waals surface area (Å²) in [7, 11) is -3.58. The highest BCUT2D eigenvalue weighted by Gasteiger charge is 2.40. The number of esters is 1. The number of aryl methyl sites for hydroxylation is 1. The highest BCUT2D eigenvalue weighted by molar-refractivity contribution is 7.89. The summed E-state index contributed by atoms with van der Waals surface area (Å²) in [5.74, 6) is -0.611. The first kappa shape index (κ1) is 19.8. The minimum Gasteiger partial charge on any atom is -0.455 e. The maximum atomic E-state index is 12.8. The molecule has 1 saturated carbocycles. The Morgan fingerprint density at radius 3 is 2.52 bits per heavy atom. The number of piperidine rings is 1. The van der Waals surface area contributed by atoms with Crippen molar-refractivity contribution in [2.75, 3.05) is 25.0 Å². The van der Waals surface area contributed by atoms with Crippen LogP contribution in [-0.4, -0.2) is 44.3 Å². The average Bonchev–Trinajstić information content (AvgIpc) is 3.39. The molecule has 1 amide bonds. The fraction of sp³-hybridized carbons (Fsp3) is 0.579. The van der Waals surface area contributed by atoms with Crippen LogP contribution in [0.15, 0.2) is 23.1 Å². The second-order valence-electron chi connectivity index (χ2n) is 7.42. The van der Waals surface area contributed by atoms with Crippen molar-refractivity contribution in [3.63, 3.8) is 0 Å². The van der Waals surface area contributed by atoms with E-state index in [4.69, 9.17) is 4.74 Å². The number of sulfonamides is 1. The predicted molar refractivity (Wildman–Crippen MR) is 101 cm³/mol. The third-order valence-corrected chi connectivity index (χ3v) is 7.09. The van der Waals surface area contributed by atoms with Gasteiger partial charge in [0.15, 0.2) is 6.61 Å². The smallest absolute Gasteiger partial charge is 0.309 e. The lowest BCUT2D eigenvalue weighted by Crippen LogP contribution is -2.35. The fourth-order valence-electron chi connectivity index (χ4n) is 3.23. The Morgan fingerprint density at radius 1 is 1.22 bits per heavy atom. The topological polar surface area (TPSA) is 92.8 Å². The highest BCUT2D eigenvalue weighted by Crippen LogP contribution is 2.38.